The topological polar surface area (TPSA) is 26.3 Å². The highest BCUT2D eigenvalue weighted by Crippen LogP contribution is 2.22. The number of allylic oxidation sites excluding steroid dienone is 1. The second-order valence-electron chi connectivity index (χ2n) is 3.71. The van der Waals surface area contributed by atoms with Crippen LogP contribution in [-0.2, 0) is 0 Å². The van der Waals surface area contributed by atoms with E-state index in [0.717, 1.165) is 0 Å². The summed E-state index contributed by atoms with van der Waals surface area (Å²) in [4.78, 5) is 12.0. The molecule has 1 aromatic rings. The molecule has 0 fully saturated rings. The molecule has 0 spiro atoms. The second kappa shape index (κ2) is 4.78. The van der Waals surface area contributed by atoms with Crippen molar-refractivity contribution < 1.29 is 9.53 Å². The predicted octanol–water partition coefficient (Wildman–Crippen LogP) is 3.09. The molecule has 80 valence electrons. The number of benzene rings is 1. The fourth-order valence-corrected chi connectivity index (χ4v) is 1.27. The molecule has 2 heteroatoms. The summed E-state index contributed by atoms with van der Waals surface area (Å²) >= 11 is 0. The minimum Gasteiger partial charge on any atom is -0.496 e. The van der Waals surface area contributed by atoms with Gasteiger partial charge >= 0.3 is 0 Å². The summed E-state index contributed by atoms with van der Waals surface area (Å²) in [5, 5.41) is 0. The van der Waals surface area contributed by atoms with Crippen LogP contribution in [0.25, 0.3) is 0 Å². The molecule has 0 aliphatic heterocycles. The lowest BCUT2D eigenvalue weighted by atomic mass is 9.95. The normalized spacial score (nSPS) is 10.1. The van der Waals surface area contributed by atoms with E-state index in [2.05, 4.69) is 6.58 Å². The van der Waals surface area contributed by atoms with E-state index in [1.54, 1.807) is 19.2 Å². The van der Waals surface area contributed by atoms with Gasteiger partial charge in [-0.25, -0.2) is 0 Å². The van der Waals surface area contributed by atoms with Crippen molar-refractivity contribution >= 4 is 5.78 Å². The zero-order valence-corrected chi connectivity index (χ0v) is 9.41. The van der Waals surface area contributed by atoms with Crippen molar-refractivity contribution in [3.8, 4) is 5.75 Å². The summed E-state index contributed by atoms with van der Waals surface area (Å²) in [6.07, 6.45) is 0. The van der Waals surface area contributed by atoms with Crippen molar-refractivity contribution in [3.63, 3.8) is 0 Å². The summed E-state index contributed by atoms with van der Waals surface area (Å²) in [7, 11) is 1.56. The van der Waals surface area contributed by atoms with Gasteiger partial charge in [0.2, 0.25) is 0 Å². The molecular weight excluding hydrogens is 188 g/mol. The first-order chi connectivity index (χ1) is 7.07. The molecule has 0 saturated carbocycles. The van der Waals surface area contributed by atoms with Gasteiger partial charge in [-0.15, -0.1) is 0 Å². The lowest BCUT2D eigenvalue weighted by molar-refractivity contribution is 0.102. The first-order valence-corrected chi connectivity index (χ1v) is 4.94. The Kier molecular flexibility index (Phi) is 3.67. The molecule has 0 heterocycles. The van der Waals surface area contributed by atoms with E-state index in [9.17, 15) is 4.79 Å². The first kappa shape index (κ1) is 11.5. The van der Waals surface area contributed by atoms with Crippen molar-refractivity contribution in [1.29, 1.82) is 0 Å². The number of hydrogen-bond acceptors (Lipinski definition) is 2. The number of para-hydroxylation sites is 1. The fourth-order valence-electron chi connectivity index (χ4n) is 1.27. The quantitative estimate of drug-likeness (QED) is 0.556. The second-order valence-corrected chi connectivity index (χ2v) is 3.71. The number of hydrogen-bond donors (Lipinski definition) is 0. The number of rotatable bonds is 4. The molecule has 0 aliphatic rings. The molecule has 1 rings (SSSR count). The highest BCUT2D eigenvalue weighted by atomic mass is 16.5. The minimum atomic E-state index is -0.0394. The average Bonchev–Trinajstić information content (AvgIpc) is 2.26. The molecule has 0 bridgehead atoms. The predicted molar refractivity (Wildman–Crippen MR) is 61.3 cm³/mol. The van der Waals surface area contributed by atoms with Crippen molar-refractivity contribution in [2.24, 2.45) is 5.92 Å². The third-order valence-corrected chi connectivity index (χ3v) is 2.34. The molecule has 0 unspecified atom stereocenters. The Morgan fingerprint density at radius 3 is 2.47 bits per heavy atom. The smallest absolute Gasteiger partial charge is 0.192 e. The van der Waals surface area contributed by atoms with Crippen LogP contribution in [0.5, 0.6) is 5.75 Å². The number of ether oxygens (including phenoxy) is 1. The molecule has 2 nitrogen and oxygen atoms in total. The highest BCUT2D eigenvalue weighted by molar-refractivity contribution is 6.10. The van der Waals surface area contributed by atoms with Crippen LogP contribution in [0.3, 0.4) is 0 Å². The van der Waals surface area contributed by atoms with Crippen LogP contribution in [-0.4, -0.2) is 12.9 Å². The highest BCUT2D eigenvalue weighted by Gasteiger charge is 2.16. The zero-order valence-electron chi connectivity index (χ0n) is 9.41. The van der Waals surface area contributed by atoms with E-state index in [1.165, 1.54) is 0 Å². The maximum Gasteiger partial charge on any atom is 0.192 e. The van der Waals surface area contributed by atoms with E-state index in [4.69, 9.17) is 4.74 Å². The van der Waals surface area contributed by atoms with Crippen LogP contribution in [0.4, 0.5) is 0 Å². The van der Waals surface area contributed by atoms with Crippen LogP contribution in [0.2, 0.25) is 0 Å². The molecule has 0 saturated heterocycles. The Labute approximate surface area is 90.6 Å². The van der Waals surface area contributed by atoms with Crippen molar-refractivity contribution in [2.45, 2.75) is 13.8 Å². The number of ketones is 1. The molecule has 0 radical (unpaired) electrons. The Hall–Kier alpha value is -1.57. The molecule has 15 heavy (non-hydrogen) atoms. The molecule has 0 aliphatic carbocycles. The molecular formula is C13H16O2. The van der Waals surface area contributed by atoms with Gasteiger partial charge in [-0.2, -0.15) is 0 Å². The van der Waals surface area contributed by atoms with Gasteiger partial charge in [-0.3, -0.25) is 4.79 Å². The van der Waals surface area contributed by atoms with Crippen molar-refractivity contribution in [2.75, 3.05) is 7.11 Å². The van der Waals surface area contributed by atoms with Crippen molar-refractivity contribution in [1.82, 2.24) is 0 Å². The number of methoxy groups -OCH3 is 1. The standard InChI is InChI=1S/C13H16O2/c1-9(2)10(3)13(14)11-7-5-6-8-12(11)15-4/h5-9H,3H2,1-2,4H3. The average molecular weight is 204 g/mol. The lowest BCUT2D eigenvalue weighted by Gasteiger charge is -2.11. The van der Waals surface area contributed by atoms with Gasteiger partial charge < -0.3 is 4.74 Å². The van der Waals surface area contributed by atoms with E-state index in [-0.39, 0.29) is 11.7 Å². The molecule has 0 aromatic heterocycles. The maximum atomic E-state index is 12.0. The number of Topliss-reactive ketones (excluding diaryl/α,β-unsaturated/α-hetero) is 1. The van der Waals surface area contributed by atoms with Gasteiger partial charge in [-0.1, -0.05) is 32.6 Å². The van der Waals surface area contributed by atoms with Crippen molar-refractivity contribution in [3.05, 3.63) is 42.0 Å². The fraction of sp³-hybridized carbons (Fsp3) is 0.308. The Balaban J connectivity index is 3.06. The van der Waals surface area contributed by atoms with Crippen LogP contribution in [0.15, 0.2) is 36.4 Å². The van der Waals surface area contributed by atoms with Gasteiger partial charge in [0.25, 0.3) is 0 Å². The summed E-state index contributed by atoms with van der Waals surface area (Å²) in [6, 6.07) is 7.20. The largest absolute Gasteiger partial charge is 0.496 e. The number of carbonyl (C=O) groups excluding carboxylic acids is 1. The Morgan fingerprint density at radius 1 is 1.33 bits per heavy atom. The first-order valence-electron chi connectivity index (χ1n) is 4.94. The Bertz CT molecular complexity index is 378. The van der Waals surface area contributed by atoms with Crippen LogP contribution >= 0.6 is 0 Å². The van der Waals surface area contributed by atoms with E-state index < -0.39 is 0 Å². The van der Waals surface area contributed by atoms with Crippen LogP contribution in [0, 0.1) is 5.92 Å². The van der Waals surface area contributed by atoms with Crippen LogP contribution in [0.1, 0.15) is 24.2 Å². The zero-order chi connectivity index (χ0) is 11.4. The van der Waals surface area contributed by atoms with Crippen LogP contribution < -0.4 is 4.74 Å². The van der Waals surface area contributed by atoms with E-state index in [1.807, 2.05) is 26.0 Å². The summed E-state index contributed by atoms with van der Waals surface area (Å²) in [6.45, 7) is 7.71. The van der Waals surface area contributed by atoms with Gasteiger partial charge in [0.1, 0.15) is 5.75 Å². The van der Waals surface area contributed by atoms with Gasteiger partial charge in [0.15, 0.2) is 5.78 Å². The third kappa shape index (κ3) is 2.46. The minimum absolute atomic E-state index is 0.0394. The maximum absolute atomic E-state index is 12.0. The number of carbonyl (C=O) groups is 1. The third-order valence-electron chi connectivity index (χ3n) is 2.34. The molecule has 0 amide bonds. The van der Waals surface area contributed by atoms with Gasteiger partial charge in [-0.05, 0) is 23.6 Å². The van der Waals surface area contributed by atoms with Gasteiger partial charge in [0.05, 0.1) is 12.7 Å². The molecule has 0 N–H and O–H groups in total. The van der Waals surface area contributed by atoms with E-state index in [0.29, 0.717) is 16.9 Å². The molecule has 1 aromatic carbocycles. The van der Waals surface area contributed by atoms with Gasteiger partial charge in [0, 0.05) is 0 Å². The lowest BCUT2D eigenvalue weighted by Crippen LogP contribution is -2.09. The molecule has 0 atom stereocenters. The summed E-state index contributed by atoms with van der Waals surface area (Å²) < 4.78 is 5.13. The van der Waals surface area contributed by atoms with E-state index >= 15 is 0 Å². The monoisotopic (exact) mass is 204 g/mol. The SMILES string of the molecule is C=C(C(=O)c1ccccc1OC)C(C)C. The Morgan fingerprint density at radius 2 is 1.93 bits per heavy atom. The summed E-state index contributed by atoms with van der Waals surface area (Å²) in [5.74, 6) is 0.717. The summed E-state index contributed by atoms with van der Waals surface area (Å²) in [5.41, 5.74) is 1.19.